The third kappa shape index (κ3) is 4.93. The van der Waals surface area contributed by atoms with Crippen molar-refractivity contribution in [2.45, 2.75) is 42.3 Å². The van der Waals surface area contributed by atoms with Crippen LogP contribution in [0.4, 0.5) is 0 Å². The zero-order chi connectivity index (χ0) is 13.0. The van der Waals surface area contributed by atoms with Crippen LogP contribution in [0.1, 0.15) is 20.3 Å². The molecular formula is C10H14Br2O5. The predicted molar refractivity (Wildman–Crippen MR) is 67.1 cm³/mol. The highest BCUT2D eigenvalue weighted by atomic mass is 79.9. The number of alkyl halides is 2. The summed E-state index contributed by atoms with van der Waals surface area (Å²) in [6.07, 6.45) is -0.257. The standard InChI is InChI=1S/C10H14Br2O5/c1-5(13)15-4-9-8(16-6(2)14)3-7(11)10(12)17-9/h7-10H,3-4H2,1-2H3/t7-,8+,9-,10+/m1/s1. The van der Waals surface area contributed by atoms with Crippen molar-refractivity contribution >= 4 is 43.8 Å². The van der Waals surface area contributed by atoms with Crippen molar-refractivity contribution in [1.82, 2.24) is 0 Å². The maximum atomic E-state index is 11.0. The van der Waals surface area contributed by atoms with E-state index in [4.69, 9.17) is 14.2 Å². The van der Waals surface area contributed by atoms with Crippen LogP contribution < -0.4 is 0 Å². The number of esters is 2. The molecule has 1 aliphatic heterocycles. The fourth-order valence-electron chi connectivity index (χ4n) is 1.50. The molecule has 4 atom stereocenters. The lowest BCUT2D eigenvalue weighted by atomic mass is 10.1. The third-order valence-electron chi connectivity index (χ3n) is 2.23. The lowest BCUT2D eigenvalue weighted by Crippen LogP contribution is -2.47. The van der Waals surface area contributed by atoms with Gasteiger partial charge in [-0.1, -0.05) is 31.9 Å². The van der Waals surface area contributed by atoms with Crippen molar-refractivity contribution in [3.8, 4) is 0 Å². The van der Waals surface area contributed by atoms with E-state index in [-0.39, 0.29) is 28.4 Å². The molecule has 98 valence electrons. The maximum absolute atomic E-state index is 11.0. The molecule has 1 saturated heterocycles. The number of carbonyl (C=O) groups excluding carboxylic acids is 2. The van der Waals surface area contributed by atoms with Crippen LogP contribution in [0, 0.1) is 0 Å². The van der Waals surface area contributed by atoms with Crippen molar-refractivity contribution in [2.75, 3.05) is 6.61 Å². The Hall–Kier alpha value is -0.140. The maximum Gasteiger partial charge on any atom is 0.302 e. The molecular weight excluding hydrogens is 360 g/mol. The van der Waals surface area contributed by atoms with E-state index in [0.717, 1.165) is 0 Å². The molecule has 5 nitrogen and oxygen atoms in total. The van der Waals surface area contributed by atoms with Crippen molar-refractivity contribution < 1.29 is 23.8 Å². The van der Waals surface area contributed by atoms with Crippen molar-refractivity contribution in [3.63, 3.8) is 0 Å². The minimum Gasteiger partial charge on any atom is -0.463 e. The average Bonchev–Trinajstić information content (AvgIpc) is 2.20. The Morgan fingerprint density at radius 2 is 1.94 bits per heavy atom. The van der Waals surface area contributed by atoms with Crippen LogP contribution in [0.3, 0.4) is 0 Å². The number of carbonyl (C=O) groups is 2. The zero-order valence-electron chi connectivity index (χ0n) is 9.52. The fourth-order valence-corrected chi connectivity index (χ4v) is 2.49. The largest absolute Gasteiger partial charge is 0.463 e. The van der Waals surface area contributed by atoms with Crippen molar-refractivity contribution in [1.29, 1.82) is 0 Å². The fraction of sp³-hybridized carbons (Fsp3) is 0.800. The number of halogens is 2. The summed E-state index contributed by atoms with van der Waals surface area (Å²) >= 11 is 6.77. The summed E-state index contributed by atoms with van der Waals surface area (Å²) in [7, 11) is 0. The van der Waals surface area contributed by atoms with E-state index in [1.165, 1.54) is 13.8 Å². The topological polar surface area (TPSA) is 61.8 Å². The van der Waals surface area contributed by atoms with Crippen molar-refractivity contribution in [3.05, 3.63) is 0 Å². The number of hydrogen-bond donors (Lipinski definition) is 0. The van der Waals surface area contributed by atoms with Gasteiger partial charge in [-0.15, -0.1) is 0 Å². The molecule has 0 radical (unpaired) electrons. The van der Waals surface area contributed by atoms with Crippen molar-refractivity contribution in [2.24, 2.45) is 0 Å². The Labute approximate surface area is 116 Å². The molecule has 0 aliphatic carbocycles. The van der Waals surface area contributed by atoms with Gasteiger partial charge in [0.2, 0.25) is 0 Å². The molecule has 1 heterocycles. The van der Waals surface area contributed by atoms with Crippen LogP contribution >= 0.6 is 31.9 Å². The second-order valence-electron chi connectivity index (χ2n) is 3.73. The second-order valence-corrected chi connectivity index (χ2v) is 5.81. The molecule has 1 fully saturated rings. The number of rotatable bonds is 3. The molecule has 0 N–H and O–H groups in total. The smallest absolute Gasteiger partial charge is 0.302 e. The molecule has 0 saturated carbocycles. The van der Waals surface area contributed by atoms with Gasteiger partial charge in [-0.2, -0.15) is 0 Å². The summed E-state index contributed by atoms with van der Waals surface area (Å²) in [6.45, 7) is 2.74. The first-order valence-electron chi connectivity index (χ1n) is 5.14. The first-order chi connectivity index (χ1) is 7.90. The first-order valence-corrected chi connectivity index (χ1v) is 6.97. The van der Waals surface area contributed by atoms with Gasteiger partial charge < -0.3 is 14.2 Å². The van der Waals surface area contributed by atoms with E-state index in [1.807, 2.05) is 0 Å². The molecule has 7 heteroatoms. The molecule has 0 aromatic heterocycles. The molecule has 0 aromatic carbocycles. The van der Waals surface area contributed by atoms with Gasteiger partial charge in [0.15, 0.2) is 0 Å². The van der Waals surface area contributed by atoms with Gasteiger partial charge in [-0.05, 0) is 0 Å². The third-order valence-corrected chi connectivity index (χ3v) is 4.65. The van der Waals surface area contributed by atoms with Crippen LogP contribution in [0.5, 0.6) is 0 Å². The zero-order valence-corrected chi connectivity index (χ0v) is 12.7. The van der Waals surface area contributed by atoms with E-state index >= 15 is 0 Å². The molecule has 1 rings (SSSR count). The molecule has 0 amide bonds. The molecule has 0 bridgehead atoms. The average molecular weight is 374 g/mol. The lowest BCUT2D eigenvalue weighted by Gasteiger charge is -2.36. The van der Waals surface area contributed by atoms with E-state index in [1.54, 1.807) is 0 Å². The predicted octanol–water partition coefficient (Wildman–Crippen LogP) is 1.75. The van der Waals surface area contributed by atoms with E-state index in [2.05, 4.69) is 31.9 Å². The van der Waals surface area contributed by atoms with Crippen LogP contribution in [-0.4, -0.2) is 40.6 Å². The van der Waals surface area contributed by atoms with Crippen LogP contribution in [-0.2, 0) is 23.8 Å². The van der Waals surface area contributed by atoms with Gasteiger partial charge in [-0.25, -0.2) is 0 Å². The number of hydrogen-bond acceptors (Lipinski definition) is 5. The van der Waals surface area contributed by atoms with Gasteiger partial charge in [0.1, 0.15) is 23.8 Å². The molecule has 0 aromatic rings. The Kier molecular flexibility index (Phi) is 5.88. The lowest BCUT2D eigenvalue weighted by molar-refractivity contribution is -0.171. The van der Waals surface area contributed by atoms with E-state index in [9.17, 15) is 9.59 Å². The van der Waals surface area contributed by atoms with Gasteiger partial charge >= 0.3 is 11.9 Å². The second kappa shape index (κ2) is 6.70. The Morgan fingerprint density at radius 3 is 2.47 bits per heavy atom. The highest BCUT2D eigenvalue weighted by molar-refractivity contribution is 9.12. The summed E-state index contributed by atoms with van der Waals surface area (Å²) in [5.41, 5.74) is 0. The quantitative estimate of drug-likeness (QED) is 0.557. The minimum atomic E-state index is -0.444. The Balaban J connectivity index is 2.60. The first kappa shape index (κ1) is 14.9. The minimum absolute atomic E-state index is 0.0421. The van der Waals surface area contributed by atoms with Crippen LogP contribution in [0.25, 0.3) is 0 Å². The highest BCUT2D eigenvalue weighted by Gasteiger charge is 2.38. The number of ether oxygens (including phenoxy) is 3. The van der Waals surface area contributed by atoms with Crippen LogP contribution in [0.15, 0.2) is 0 Å². The monoisotopic (exact) mass is 372 g/mol. The normalized spacial score (nSPS) is 32.9. The molecule has 0 unspecified atom stereocenters. The van der Waals surface area contributed by atoms with E-state index in [0.29, 0.717) is 6.42 Å². The summed E-state index contributed by atoms with van der Waals surface area (Å²) in [5, 5.41) is -0.199. The summed E-state index contributed by atoms with van der Waals surface area (Å²) < 4.78 is 15.6. The van der Waals surface area contributed by atoms with E-state index < -0.39 is 12.2 Å². The molecule has 17 heavy (non-hydrogen) atoms. The van der Waals surface area contributed by atoms with Gasteiger partial charge in [-0.3, -0.25) is 9.59 Å². The van der Waals surface area contributed by atoms with Gasteiger partial charge in [0, 0.05) is 20.3 Å². The van der Waals surface area contributed by atoms with Gasteiger partial charge in [0.05, 0.1) is 4.83 Å². The Bertz CT molecular complexity index is 296. The van der Waals surface area contributed by atoms with Crippen LogP contribution in [0.2, 0.25) is 0 Å². The molecule has 1 aliphatic rings. The summed E-state index contributed by atoms with van der Waals surface area (Å²) in [4.78, 5) is 21.8. The SMILES string of the molecule is CC(=O)OC[C@H]1O[C@H](Br)[C@H](Br)C[C@@H]1OC(C)=O. The summed E-state index contributed by atoms with van der Waals surface area (Å²) in [5.74, 6) is -0.763. The summed E-state index contributed by atoms with van der Waals surface area (Å²) in [6, 6.07) is 0. The van der Waals surface area contributed by atoms with Gasteiger partial charge in [0.25, 0.3) is 0 Å². The Morgan fingerprint density at radius 1 is 1.29 bits per heavy atom. The molecule has 0 spiro atoms. The highest BCUT2D eigenvalue weighted by Crippen LogP contribution is 2.31.